The van der Waals surface area contributed by atoms with Gasteiger partial charge in [0.2, 0.25) is 0 Å². The number of carboxylic acids is 1. The molecule has 0 saturated carbocycles. The molecule has 0 fully saturated rings. The monoisotopic (exact) mass is 431 g/mol. The maximum absolute atomic E-state index is 13.0. The predicted molar refractivity (Wildman–Crippen MR) is 115 cm³/mol. The normalized spacial score (nSPS) is 11.4. The molecule has 29 heavy (non-hydrogen) atoms. The topological polar surface area (TPSA) is 59.4 Å². The Bertz CT molecular complexity index is 982. The molecule has 1 heterocycles. The van der Waals surface area contributed by atoms with Crippen LogP contribution in [0.5, 0.6) is 5.75 Å². The Morgan fingerprint density at radius 3 is 2.31 bits per heavy atom. The van der Waals surface area contributed by atoms with E-state index in [9.17, 15) is 14.3 Å². The van der Waals surface area contributed by atoms with Gasteiger partial charge in [-0.05, 0) is 56.2 Å². The lowest BCUT2D eigenvalue weighted by Gasteiger charge is -2.15. The fraction of sp³-hybridized carbons (Fsp3) is 0.273. The van der Waals surface area contributed by atoms with E-state index >= 15 is 0 Å². The minimum Gasteiger partial charge on any atom is -0.493 e. The van der Waals surface area contributed by atoms with Gasteiger partial charge in [0.1, 0.15) is 16.3 Å². The standard InChI is InChI=1S/C22H22FNO3S2/c1-14-19(24-21(28-14)29-22(2,3)20(25)26)12-13-27-18-10-6-16(7-11-18)15-4-8-17(23)9-5-15/h4-11H,12-13H2,1-3H3,(H,25,26). The summed E-state index contributed by atoms with van der Waals surface area (Å²) in [5.41, 5.74) is 2.88. The Morgan fingerprint density at radius 2 is 1.72 bits per heavy atom. The molecule has 0 unspecified atom stereocenters. The molecule has 2 aromatic carbocycles. The summed E-state index contributed by atoms with van der Waals surface area (Å²) in [6.45, 7) is 5.82. The van der Waals surface area contributed by atoms with Crippen molar-refractivity contribution in [2.24, 2.45) is 0 Å². The minimum absolute atomic E-state index is 0.251. The highest BCUT2D eigenvalue weighted by atomic mass is 32.2. The van der Waals surface area contributed by atoms with Crippen LogP contribution in [0.25, 0.3) is 11.1 Å². The summed E-state index contributed by atoms with van der Waals surface area (Å²) in [6.07, 6.45) is 0.649. The van der Waals surface area contributed by atoms with Crippen molar-refractivity contribution >= 4 is 29.1 Å². The number of thiazole rings is 1. The Labute approximate surface area is 177 Å². The second kappa shape index (κ2) is 8.97. The molecule has 3 rings (SSSR count). The third-order valence-corrected chi connectivity index (χ3v) is 6.63. The summed E-state index contributed by atoms with van der Waals surface area (Å²) < 4.78 is 18.7. The van der Waals surface area contributed by atoms with Gasteiger partial charge in [0.05, 0.1) is 12.3 Å². The first-order valence-electron chi connectivity index (χ1n) is 9.12. The Kier molecular flexibility index (Phi) is 6.59. The van der Waals surface area contributed by atoms with Gasteiger partial charge in [-0.3, -0.25) is 4.79 Å². The van der Waals surface area contributed by atoms with Crippen molar-refractivity contribution in [3.8, 4) is 16.9 Å². The fourth-order valence-corrected chi connectivity index (χ4v) is 5.12. The molecule has 0 aliphatic heterocycles. The number of ether oxygens (including phenoxy) is 1. The molecule has 3 aromatic rings. The van der Waals surface area contributed by atoms with E-state index in [1.807, 2.05) is 31.2 Å². The molecular formula is C22H22FNO3S2. The number of rotatable bonds is 8. The second-order valence-corrected chi connectivity index (χ2v) is 10.1. The Balaban J connectivity index is 1.56. The first-order chi connectivity index (χ1) is 13.7. The number of aromatic nitrogens is 1. The molecule has 0 radical (unpaired) electrons. The van der Waals surface area contributed by atoms with Crippen LogP contribution in [0.1, 0.15) is 24.4 Å². The van der Waals surface area contributed by atoms with Crippen molar-refractivity contribution in [2.75, 3.05) is 6.61 Å². The van der Waals surface area contributed by atoms with Crippen molar-refractivity contribution < 1.29 is 19.0 Å². The van der Waals surface area contributed by atoms with Gasteiger partial charge >= 0.3 is 5.97 Å². The van der Waals surface area contributed by atoms with Gasteiger partial charge in [0.15, 0.2) is 4.34 Å². The van der Waals surface area contributed by atoms with E-state index in [1.54, 1.807) is 26.0 Å². The van der Waals surface area contributed by atoms with Gasteiger partial charge in [-0.25, -0.2) is 9.37 Å². The summed E-state index contributed by atoms with van der Waals surface area (Å²) in [6, 6.07) is 14.1. The lowest BCUT2D eigenvalue weighted by Crippen LogP contribution is -2.26. The highest BCUT2D eigenvalue weighted by Crippen LogP contribution is 2.36. The van der Waals surface area contributed by atoms with Crippen LogP contribution >= 0.6 is 23.1 Å². The molecule has 4 nitrogen and oxygen atoms in total. The van der Waals surface area contributed by atoms with E-state index < -0.39 is 10.7 Å². The first-order valence-corrected chi connectivity index (χ1v) is 10.8. The Hall–Kier alpha value is -2.38. The lowest BCUT2D eigenvalue weighted by molar-refractivity contribution is -0.138. The molecule has 152 valence electrons. The number of carbonyl (C=O) groups is 1. The first kappa shape index (κ1) is 21.3. The average molecular weight is 432 g/mol. The summed E-state index contributed by atoms with van der Waals surface area (Å²) in [4.78, 5) is 16.9. The quantitative estimate of drug-likeness (QED) is 0.455. The SMILES string of the molecule is Cc1sc(SC(C)(C)C(=O)O)nc1CCOc1ccc(-c2ccc(F)cc2)cc1. The molecular weight excluding hydrogens is 409 g/mol. The van der Waals surface area contributed by atoms with E-state index in [1.165, 1.54) is 35.2 Å². The second-order valence-electron chi connectivity index (χ2n) is 7.03. The zero-order chi connectivity index (χ0) is 21.0. The van der Waals surface area contributed by atoms with Crippen LogP contribution < -0.4 is 4.74 Å². The fourth-order valence-electron chi connectivity index (χ4n) is 2.59. The maximum Gasteiger partial charge on any atom is 0.319 e. The molecule has 0 amide bonds. The summed E-state index contributed by atoms with van der Waals surface area (Å²) >= 11 is 2.77. The Morgan fingerprint density at radius 1 is 1.14 bits per heavy atom. The van der Waals surface area contributed by atoms with Crippen molar-refractivity contribution in [1.29, 1.82) is 0 Å². The number of carboxylic acid groups (broad SMARTS) is 1. The largest absolute Gasteiger partial charge is 0.493 e. The molecule has 0 aliphatic carbocycles. The van der Waals surface area contributed by atoms with E-state index in [2.05, 4.69) is 4.98 Å². The molecule has 0 aliphatic rings. The molecule has 0 bridgehead atoms. The van der Waals surface area contributed by atoms with Crippen molar-refractivity contribution in [2.45, 2.75) is 36.3 Å². The number of nitrogens with zero attached hydrogens (tertiary/aromatic N) is 1. The van der Waals surface area contributed by atoms with Crippen molar-refractivity contribution in [3.05, 3.63) is 64.9 Å². The van der Waals surface area contributed by atoms with Crippen molar-refractivity contribution in [1.82, 2.24) is 4.98 Å². The number of thioether (sulfide) groups is 1. The third-order valence-electron chi connectivity index (χ3n) is 4.37. The van der Waals surface area contributed by atoms with Crippen LogP contribution in [0, 0.1) is 12.7 Å². The molecule has 0 spiro atoms. The number of aliphatic carboxylic acids is 1. The van der Waals surface area contributed by atoms with Crippen LogP contribution in [-0.4, -0.2) is 27.4 Å². The number of benzene rings is 2. The van der Waals surface area contributed by atoms with Gasteiger partial charge in [-0.1, -0.05) is 36.0 Å². The zero-order valence-corrected chi connectivity index (χ0v) is 18.1. The average Bonchev–Trinajstić information content (AvgIpc) is 3.01. The van der Waals surface area contributed by atoms with Crippen LogP contribution in [0.2, 0.25) is 0 Å². The lowest BCUT2D eigenvalue weighted by atomic mass is 10.1. The van der Waals surface area contributed by atoms with E-state index in [0.717, 1.165) is 31.8 Å². The molecule has 1 N–H and O–H groups in total. The summed E-state index contributed by atoms with van der Waals surface area (Å²) in [5, 5.41) is 9.27. The third kappa shape index (κ3) is 5.58. The van der Waals surface area contributed by atoms with Crippen LogP contribution in [0.3, 0.4) is 0 Å². The molecule has 7 heteroatoms. The van der Waals surface area contributed by atoms with Gasteiger partial charge in [-0.2, -0.15) is 0 Å². The predicted octanol–water partition coefficient (Wildman–Crippen LogP) is 5.83. The van der Waals surface area contributed by atoms with E-state index in [0.29, 0.717) is 13.0 Å². The highest BCUT2D eigenvalue weighted by molar-refractivity contribution is 8.03. The van der Waals surface area contributed by atoms with Gasteiger partial charge < -0.3 is 9.84 Å². The van der Waals surface area contributed by atoms with Gasteiger partial charge in [-0.15, -0.1) is 11.3 Å². The molecule has 0 atom stereocenters. The van der Waals surface area contributed by atoms with Gasteiger partial charge in [0, 0.05) is 11.3 Å². The molecule has 1 aromatic heterocycles. The van der Waals surface area contributed by atoms with Crippen LogP contribution in [-0.2, 0) is 11.2 Å². The van der Waals surface area contributed by atoms with E-state index in [4.69, 9.17) is 4.74 Å². The zero-order valence-electron chi connectivity index (χ0n) is 16.4. The van der Waals surface area contributed by atoms with Gasteiger partial charge in [0.25, 0.3) is 0 Å². The van der Waals surface area contributed by atoms with Crippen LogP contribution in [0.4, 0.5) is 4.39 Å². The summed E-state index contributed by atoms with van der Waals surface area (Å²) in [7, 11) is 0. The maximum atomic E-state index is 13.0. The van der Waals surface area contributed by atoms with E-state index in [-0.39, 0.29) is 5.82 Å². The van der Waals surface area contributed by atoms with Crippen LogP contribution in [0.15, 0.2) is 52.9 Å². The summed E-state index contributed by atoms with van der Waals surface area (Å²) in [5.74, 6) is -0.353. The number of hydrogen-bond acceptors (Lipinski definition) is 5. The smallest absolute Gasteiger partial charge is 0.319 e. The minimum atomic E-state index is -0.912. The highest BCUT2D eigenvalue weighted by Gasteiger charge is 2.30. The molecule has 0 saturated heterocycles. The number of halogens is 1. The number of hydrogen-bond donors (Lipinski definition) is 1. The van der Waals surface area contributed by atoms with Crippen molar-refractivity contribution in [3.63, 3.8) is 0 Å². The number of aryl methyl sites for hydroxylation is 1.